The van der Waals surface area contributed by atoms with Crippen molar-refractivity contribution in [3.63, 3.8) is 0 Å². The Kier molecular flexibility index (Phi) is 3.41. The Morgan fingerprint density at radius 1 is 1.18 bits per heavy atom. The Morgan fingerprint density at radius 2 is 1.91 bits per heavy atom. The van der Waals surface area contributed by atoms with Crippen molar-refractivity contribution in [2.24, 2.45) is 5.73 Å². The highest BCUT2D eigenvalue weighted by Gasteiger charge is 2.47. The summed E-state index contributed by atoms with van der Waals surface area (Å²) in [6.45, 7) is 0. The van der Waals surface area contributed by atoms with E-state index < -0.39 is 36.6 Å². The smallest absolute Gasteiger partial charge is 0.249 e. The van der Waals surface area contributed by atoms with Gasteiger partial charge in [-0.25, -0.2) is 15.0 Å². The van der Waals surface area contributed by atoms with Crippen LogP contribution in [0.15, 0.2) is 12.7 Å². The van der Waals surface area contributed by atoms with Crippen LogP contribution in [0, 0.1) is 0 Å². The molecule has 3 rings (SSSR count). The van der Waals surface area contributed by atoms with Gasteiger partial charge in [-0.2, -0.15) is 0 Å². The van der Waals surface area contributed by atoms with Gasteiger partial charge in [0.15, 0.2) is 23.8 Å². The van der Waals surface area contributed by atoms with Crippen molar-refractivity contribution in [2.75, 3.05) is 5.73 Å². The first kappa shape index (κ1) is 14.6. The zero-order chi connectivity index (χ0) is 16.0. The lowest BCUT2D eigenvalue weighted by molar-refractivity contribution is -0.239. The van der Waals surface area contributed by atoms with Crippen molar-refractivity contribution in [2.45, 2.75) is 30.6 Å². The molecule has 0 aliphatic carbocycles. The maximum absolute atomic E-state index is 11.3. The molecular weight excluding hydrogens is 296 g/mol. The van der Waals surface area contributed by atoms with Gasteiger partial charge in [-0.05, 0) is 0 Å². The highest BCUT2D eigenvalue weighted by molar-refractivity contribution is 5.81. The number of imidazole rings is 1. The molecule has 11 heteroatoms. The minimum atomic E-state index is -1.64. The van der Waals surface area contributed by atoms with E-state index in [2.05, 4.69) is 15.0 Å². The van der Waals surface area contributed by atoms with E-state index in [-0.39, 0.29) is 17.0 Å². The average molecular weight is 310 g/mol. The van der Waals surface area contributed by atoms with Gasteiger partial charge in [-0.1, -0.05) is 0 Å². The number of aliphatic hydroxyl groups excluding tert-OH is 3. The molecule has 118 valence electrons. The number of ether oxygens (including phenoxy) is 1. The lowest BCUT2D eigenvalue weighted by Gasteiger charge is -2.39. The number of carbonyl (C=O) groups excluding carboxylic acids is 1. The van der Waals surface area contributed by atoms with Crippen LogP contribution in [-0.4, -0.2) is 65.2 Å². The Morgan fingerprint density at radius 3 is 2.59 bits per heavy atom. The maximum Gasteiger partial charge on any atom is 0.249 e. The van der Waals surface area contributed by atoms with Crippen LogP contribution < -0.4 is 11.5 Å². The minimum Gasteiger partial charge on any atom is -0.387 e. The quantitative estimate of drug-likeness (QED) is 0.383. The lowest BCUT2D eigenvalue weighted by Crippen LogP contribution is -2.59. The van der Waals surface area contributed by atoms with E-state index in [4.69, 9.17) is 16.2 Å². The van der Waals surface area contributed by atoms with Gasteiger partial charge < -0.3 is 31.5 Å². The number of hydrogen-bond acceptors (Lipinski definition) is 9. The molecule has 0 unspecified atom stereocenters. The molecule has 0 aromatic carbocycles. The lowest BCUT2D eigenvalue weighted by atomic mass is 9.97. The fourth-order valence-electron chi connectivity index (χ4n) is 2.38. The third-order valence-corrected chi connectivity index (χ3v) is 3.53. The molecule has 1 aliphatic rings. The van der Waals surface area contributed by atoms with Crippen LogP contribution >= 0.6 is 0 Å². The molecule has 2 aromatic rings. The molecule has 1 amide bonds. The molecule has 1 fully saturated rings. The van der Waals surface area contributed by atoms with Gasteiger partial charge in [0.25, 0.3) is 0 Å². The molecule has 0 spiro atoms. The third-order valence-electron chi connectivity index (χ3n) is 3.53. The van der Waals surface area contributed by atoms with Gasteiger partial charge >= 0.3 is 0 Å². The summed E-state index contributed by atoms with van der Waals surface area (Å²) in [4.78, 5) is 23.1. The van der Waals surface area contributed by atoms with Crippen LogP contribution in [0.2, 0.25) is 0 Å². The standard InChI is InChI=1S/C11H14N6O5/c12-8-3-10(15-1-14-8)17(2-16-3)11-6(20)4(18)5(19)7(22-11)9(13)21/h1-2,4-7,11,18-20H,(H2,13,21)(H2,12,14,15)/t4-,5+,6+,7-,11-/m1/s1. The fourth-order valence-corrected chi connectivity index (χ4v) is 2.38. The van der Waals surface area contributed by atoms with Crippen LogP contribution in [0.25, 0.3) is 11.2 Å². The number of nitrogens with zero attached hydrogens (tertiary/aromatic N) is 4. The summed E-state index contributed by atoms with van der Waals surface area (Å²) in [7, 11) is 0. The second kappa shape index (κ2) is 5.14. The van der Waals surface area contributed by atoms with E-state index in [1.54, 1.807) is 0 Å². The highest BCUT2D eigenvalue weighted by Crippen LogP contribution is 2.30. The SMILES string of the molecule is NC(=O)[C@@H]1O[C@@H](n2cnc3c(N)ncnc32)[C@@H](O)[C@H](O)[C@@H]1O. The number of fused-ring (bicyclic) bond motifs is 1. The van der Waals surface area contributed by atoms with Crippen LogP contribution in [0.3, 0.4) is 0 Å². The third kappa shape index (κ3) is 2.07. The number of primary amides is 1. The van der Waals surface area contributed by atoms with Crippen molar-refractivity contribution in [1.82, 2.24) is 19.5 Å². The van der Waals surface area contributed by atoms with Gasteiger partial charge in [0.05, 0.1) is 6.33 Å². The number of nitrogens with two attached hydrogens (primary N) is 2. The van der Waals surface area contributed by atoms with Crippen LogP contribution in [0.5, 0.6) is 0 Å². The Labute approximate surface area is 123 Å². The number of nitrogen functional groups attached to an aromatic ring is 1. The minimum absolute atomic E-state index is 0.126. The summed E-state index contributed by atoms with van der Waals surface area (Å²) in [5, 5.41) is 29.7. The first-order valence-corrected chi connectivity index (χ1v) is 6.33. The number of aromatic nitrogens is 4. The second-order valence-corrected chi connectivity index (χ2v) is 4.90. The molecule has 5 atom stereocenters. The van der Waals surface area contributed by atoms with Crippen molar-refractivity contribution in [1.29, 1.82) is 0 Å². The van der Waals surface area contributed by atoms with Gasteiger partial charge in [0.1, 0.15) is 30.2 Å². The van der Waals surface area contributed by atoms with Gasteiger partial charge in [0.2, 0.25) is 5.91 Å². The summed E-state index contributed by atoms with van der Waals surface area (Å²) < 4.78 is 6.60. The van der Waals surface area contributed by atoms with Gasteiger partial charge in [-0.3, -0.25) is 9.36 Å². The molecule has 7 N–H and O–H groups in total. The van der Waals surface area contributed by atoms with E-state index in [1.807, 2.05) is 0 Å². The normalized spacial score (nSPS) is 32.2. The van der Waals surface area contributed by atoms with Gasteiger partial charge in [0, 0.05) is 0 Å². The van der Waals surface area contributed by atoms with Crippen LogP contribution in [0.1, 0.15) is 6.23 Å². The van der Waals surface area contributed by atoms with E-state index in [9.17, 15) is 20.1 Å². The molecule has 0 saturated carbocycles. The van der Waals surface area contributed by atoms with Crippen molar-refractivity contribution in [3.05, 3.63) is 12.7 Å². The van der Waals surface area contributed by atoms with Gasteiger partial charge in [-0.15, -0.1) is 0 Å². The maximum atomic E-state index is 11.3. The zero-order valence-corrected chi connectivity index (χ0v) is 11.1. The molecular formula is C11H14N6O5. The zero-order valence-electron chi connectivity index (χ0n) is 11.1. The summed E-state index contributed by atoms with van der Waals surface area (Å²) in [5.41, 5.74) is 11.3. The molecule has 0 radical (unpaired) electrons. The number of anilines is 1. The largest absolute Gasteiger partial charge is 0.387 e. The Balaban J connectivity index is 2.05. The molecule has 2 aromatic heterocycles. The number of hydrogen-bond donors (Lipinski definition) is 5. The average Bonchev–Trinajstić information content (AvgIpc) is 2.90. The predicted molar refractivity (Wildman–Crippen MR) is 70.9 cm³/mol. The Hall–Kier alpha value is -2.34. The van der Waals surface area contributed by atoms with Crippen LogP contribution in [-0.2, 0) is 9.53 Å². The van der Waals surface area contributed by atoms with Crippen molar-refractivity contribution < 1.29 is 24.9 Å². The summed E-state index contributed by atoms with van der Waals surface area (Å²) in [6, 6.07) is 0. The summed E-state index contributed by atoms with van der Waals surface area (Å²) in [5.74, 6) is -0.844. The van der Waals surface area contributed by atoms with E-state index in [0.717, 1.165) is 0 Å². The van der Waals surface area contributed by atoms with Crippen LogP contribution in [0.4, 0.5) is 5.82 Å². The molecule has 3 heterocycles. The fraction of sp³-hybridized carbons (Fsp3) is 0.455. The van der Waals surface area contributed by atoms with Crippen molar-refractivity contribution in [3.8, 4) is 0 Å². The molecule has 22 heavy (non-hydrogen) atoms. The first-order valence-electron chi connectivity index (χ1n) is 6.33. The number of rotatable bonds is 2. The Bertz CT molecular complexity index is 720. The number of carbonyl (C=O) groups is 1. The summed E-state index contributed by atoms with van der Waals surface area (Å²) >= 11 is 0. The molecule has 0 bridgehead atoms. The monoisotopic (exact) mass is 310 g/mol. The van der Waals surface area contributed by atoms with E-state index in [0.29, 0.717) is 0 Å². The number of aliphatic hydroxyl groups is 3. The topological polar surface area (TPSA) is 183 Å². The molecule has 11 nitrogen and oxygen atoms in total. The first-order chi connectivity index (χ1) is 10.4. The number of amides is 1. The van der Waals surface area contributed by atoms with E-state index in [1.165, 1.54) is 17.2 Å². The van der Waals surface area contributed by atoms with E-state index >= 15 is 0 Å². The molecule has 1 aliphatic heterocycles. The predicted octanol–water partition coefficient (Wildman–Crippen LogP) is -3.13. The van der Waals surface area contributed by atoms with Crippen molar-refractivity contribution >= 4 is 22.9 Å². The molecule has 1 saturated heterocycles. The highest BCUT2D eigenvalue weighted by atomic mass is 16.6. The second-order valence-electron chi connectivity index (χ2n) is 4.90. The summed E-state index contributed by atoms with van der Waals surface area (Å²) in [6.07, 6.45) is -5.05.